The molecule has 0 amide bonds. The predicted molar refractivity (Wildman–Crippen MR) is 273 cm³/mol. The average molecular weight is 837 g/mol. The van der Waals surface area contributed by atoms with Crippen molar-refractivity contribution in [1.29, 1.82) is 0 Å². The third-order valence-electron chi connectivity index (χ3n) is 15.5. The Morgan fingerprint density at radius 1 is 0.468 bits per heavy atom. The van der Waals surface area contributed by atoms with E-state index < -0.39 is 0 Å². The summed E-state index contributed by atoms with van der Waals surface area (Å²) >= 11 is 2.02. The fourth-order valence-corrected chi connectivity index (χ4v) is 13.9. The van der Waals surface area contributed by atoms with Gasteiger partial charge in [-0.3, -0.25) is 0 Å². The molecule has 2 aliphatic carbocycles. The Labute approximate surface area is 378 Å². The number of benzene rings is 5. The first kappa shape index (κ1) is 41.7. The molecule has 1 aromatic heterocycles. The molecule has 0 spiro atoms. The van der Waals surface area contributed by atoms with Crippen molar-refractivity contribution in [2.45, 2.75) is 168 Å². The minimum atomic E-state index is -0.0843. The molecule has 6 aromatic rings. The first-order chi connectivity index (χ1) is 28.6. The van der Waals surface area contributed by atoms with Gasteiger partial charge in [-0.15, -0.1) is 11.3 Å². The lowest BCUT2D eigenvalue weighted by atomic mass is 9.36. The molecule has 0 saturated heterocycles. The maximum Gasteiger partial charge on any atom is 0.264 e. The second-order valence-corrected chi connectivity index (χ2v) is 26.5. The molecule has 0 radical (unpaired) electrons. The normalized spacial score (nSPS) is 19.0. The molecule has 0 atom stereocenters. The van der Waals surface area contributed by atoms with Crippen LogP contribution >= 0.6 is 11.3 Å². The van der Waals surface area contributed by atoms with E-state index in [0.717, 1.165) is 12.8 Å². The zero-order valence-corrected chi connectivity index (χ0v) is 41.7. The Morgan fingerprint density at radius 2 is 0.968 bits per heavy atom. The first-order valence-corrected chi connectivity index (χ1v) is 24.2. The Bertz CT molecular complexity index is 2860. The van der Waals surface area contributed by atoms with E-state index in [9.17, 15) is 0 Å². The number of fused-ring (bicyclic) bond motifs is 8. The lowest BCUT2D eigenvalue weighted by molar-refractivity contribution is 0.403. The molecular formula is C58H69BN2S. The number of hydrogen-bond acceptors (Lipinski definition) is 3. The van der Waals surface area contributed by atoms with Crippen LogP contribution in [0.2, 0.25) is 0 Å². The van der Waals surface area contributed by atoms with Crippen molar-refractivity contribution in [3.05, 3.63) is 124 Å². The van der Waals surface area contributed by atoms with Crippen LogP contribution < -0.4 is 25.5 Å². The molecule has 0 bridgehead atoms. The third-order valence-corrected chi connectivity index (χ3v) is 16.7. The number of hydrogen-bond donors (Lipinski definition) is 0. The molecule has 5 aromatic carbocycles. The second kappa shape index (κ2) is 12.7. The van der Waals surface area contributed by atoms with Crippen LogP contribution in [0.25, 0.3) is 10.1 Å². The van der Waals surface area contributed by atoms with Gasteiger partial charge in [0.1, 0.15) is 0 Å². The van der Waals surface area contributed by atoms with E-state index in [-0.39, 0.29) is 44.6 Å². The van der Waals surface area contributed by atoms with Crippen LogP contribution in [0.15, 0.2) is 84.9 Å². The van der Waals surface area contributed by atoms with E-state index in [0.29, 0.717) is 0 Å². The van der Waals surface area contributed by atoms with E-state index in [1.165, 1.54) is 98.9 Å². The van der Waals surface area contributed by atoms with Gasteiger partial charge in [-0.25, -0.2) is 0 Å². The highest BCUT2D eigenvalue weighted by molar-refractivity contribution is 7.33. The van der Waals surface area contributed by atoms with E-state index in [4.69, 9.17) is 0 Å². The summed E-state index contributed by atoms with van der Waals surface area (Å²) in [6.07, 6.45) is 2.29. The molecule has 4 heteroatoms. The van der Waals surface area contributed by atoms with Gasteiger partial charge in [0, 0.05) is 43.3 Å². The lowest BCUT2D eigenvalue weighted by Crippen LogP contribution is -2.60. The average Bonchev–Trinajstić information content (AvgIpc) is 3.68. The smallest absolute Gasteiger partial charge is 0.264 e. The molecule has 3 heterocycles. The van der Waals surface area contributed by atoms with Gasteiger partial charge in [0.15, 0.2) is 0 Å². The van der Waals surface area contributed by atoms with E-state index in [1.54, 1.807) is 0 Å². The van der Waals surface area contributed by atoms with Crippen LogP contribution in [0.5, 0.6) is 0 Å². The Morgan fingerprint density at radius 3 is 1.55 bits per heavy atom. The van der Waals surface area contributed by atoms with Crippen LogP contribution in [0.4, 0.5) is 34.1 Å². The second-order valence-electron chi connectivity index (χ2n) is 25.4. The standard InChI is InChI=1S/C58H69BN2S/c1-52(2,3)34-18-21-37(22-19-34)61-47-28-36(54(7,8)9)27-46-49(47)59(51-50(61)39-26-35(53(4,5)6)20-25-48(39)62-51)44-30-42-43(58(16,17)33-57(42,14)15)31-45(44)60(46)38-23-24-40-41(29-38)56(12,13)32-55(40,10)11/h18-31H,32-33H2,1-17H3. The number of thiophene rings is 1. The molecule has 10 rings (SSSR count). The van der Waals surface area contributed by atoms with Crippen molar-refractivity contribution in [3.8, 4) is 0 Å². The first-order valence-electron chi connectivity index (χ1n) is 23.4. The summed E-state index contributed by atoms with van der Waals surface area (Å²) in [5.74, 6) is 0. The number of anilines is 6. The quantitative estimate of drug-likeness (QED) is 0.160. The highest BCUT2D eigenvalue weighted by Gasteiger charge is 2.50. The van der Waals surface area contributed by atoms with Crippen LogP contribution in [-0.4, -0.2) is 6.71 Å². The number of rotatable bonds is 2. The van der Waals surface area contributed by atoms with Gasteiger partial charge in [0.05, 0.1) is 5.69 Å². The van der Waals surface area contributed by atoms with Crippen molar-refractivity contribution in [2.24, 2.45) is 0 Å². The SMILES string of the molecule is CC(C)(C)c1ccc(N2c3cc(C(C)(C)C)cc4c3B(c3cc5c(cc3N4c3ccc4c(c3)C(C)(C)CC4(C)C)C(C)(C)CC5(C)C)c3sc4ccc(C(C)(C)C)cc4c32)cc1. The summed E-state index contributed by atoms with van der Waals surface area (Å²) < 4.78 is 2.82. The van der Waals surface area contributed by atoms with Gasteiger partial charge in [0.25, 0.3) is 6.71 Å². The van der Waals surface area contributed by atoms with E-state index >= 15 is 0 Å². The van der Waals surface area contributed by atoms with Gasteiger partial charge in [-0.1, -0.05) is 148 Å². The summed E-state index contributed by atoms with van der Waals surface area (Å²) in [6.45, 7) is 41.0. The maximum absolute atomic E-state index is 2.71. The van der Waals surface area contributed by atoms with Gasteiger partial charge in [0.2, 0.25) is 0 Å². The van der Waals surface area contributed by atoms with Gasteiger partial charge >= 0.3 is 0 Å². The highest BCUT2D eigenvalue weighted by Crippen LogP contribution is 2.56. The van der Waals surface area contributed by atoms with Crippen LogP contribution in [0.3, 0.4) is 0 Å². The van der Waals surface area contributed by atoms with Crippen molar-refractivity contribution in [1.82, 2.24) is 0 Å². The zero-order chi connectivity index (χ0) is 44.6. The summed E-state index contributed by atoms with van der Waals surface area (Å²) in [4.78, 5) is 5.38. The van der Waals surface area contributed by atoms with E-state index in [2.05, 4.69) is 212 Å². The number of nitrogens with zero attached hydrogens (tertiary/aromatic N) is 2. The minimum absolute atomic E-state index is 0.0257. The van der Waals surface area contributed by atoms with Crippen LogP contribution in [0, 0.1) is 0 Å². The van der Waals surface area contributed by atoms with Gasteiger partial charge in [-0.2, -0.15) is 0 Å². The topological polar surface area (TPSA) is 6.48 Å². The molecule has 4 aliphatic rings. The van der Waals surface area contributed by atoms with Crippen molar-refractivity contribution in [3.63, 3.8) is 0 Å². The molecular weight excluding hydrogens is 768 g/mol. The summed E-state index contributed by atoms with van der Waals surface area (Å²) in [7, 11) is 0. The Kier molecular flexibility index (Phi) is 8.55. The maximum atomic E-state index is 2.71. The van der Waals surface area contributed by atoms with Crippen molar-refractivity contribution < 1.29 is 0 Å². The van der Waals surface area contributed by atoms with Crippen molar-refractivity contribution in [2.75, 3.05) is 9.80 Å². The molecule has 62 heavy (non-hydrogen) atoms. The molecule has 0 N–H and O–H groups in total. The van der Waals surface area contributed by atoms with Gasteiger partial charge < -0.3 is 9.80 Å². The Hall–Kier alpha value is -4.28. The monoisotopic (exact) mass is 837 g/mol. The molecule has 2 aliphatic heterocycles. The third kappa shape index (κ3) is 6.08. The molecule has 320 valence electrons. The molecule has 0 unspecified atom stereocenters. The minimum Gasteiger partial charge on any atom is -0.311 e. The lowest BCUT2D eigenvalue weighted by Gasteiger charge is -2.45. The van der Waals surface area contributed by atoms with E-state index in [1.807, 2.05) is 11.3 Å². The van der Waals surface area contributed by atoms with Crippen molar-refractivity contribution >= 4 is 78.0 Å². The molecule has 2 nitrogen and oxygen atoms in total. The fourth-order valence-electron chi connectivity index (χ4n) is 12.6. The zero-order valence-electron chi connectivity index (χ0n) is 40.9. The largest absolute Gasteiger partial charge is 0.311 e. The fraction of sp³-hybridized carbons (Fsp3) is 0.448. The highest BCUT2D eigenvalue weighted by atomic mass is 32.1. The molecule has 0 saturated carbocycles. The summed E-state index contributed by atoms with van der Waals surface area (Å²) in [6, 6.07) is 34.9. The Balaban J connectivity index is 1.36. The predicted octanol–water partition coefficient (Wildman–Crippen LogP) is 14.8. The molecule has 0 fully saturated rings. The van der Waals surface area contributed by atoms with Crippen LogP contribution in [-0.2, 0) is 37.9 Å². The summed E-state index contributed by atoms with van der Waals surface area (Å²) in [5.41, 5.74) is 21.2. The summed E-state index contributed by atoms with van der Waals surface area (Å²) in [5, 5.41) is 1.36. The van der Waals surface area contributed by atoms with Crippen LogP contribution in [0.1, 0.15) is 169 Å². The van der Waals surface area contributed by atoms with Gasteiger partial charge in [-0.05, 0) is 155 Å².